The van der Waals surface area contributed by atoms with Crippen molar-refractivity contribution in [3.05, 3.63) is 41.5 Å². The smallest absolute Gasteiger partial charge is 0.203 e. The van der Waals surface area contributed by atoms with E-state index in [1.165, 1.54) is 11.1 Å². The summed E-state index contributed by atoms with van der Waals surface area (Å²) in [5, 5.41) is 3.41. The van der Waals surface area contributed by atoms with Crippen molar-refractivity contribution in [2.45, 2.75) is 40.8 Å². The van der Waals surface area contributed by atoms with E-state index in [0.29, 0.717) is 5.92 Å². The number of nitrogens with zero attached hydrogens (tertiary/aromatic N) is 3. The Morgan fingerprint density at radius 2 is 2.11 bits per heavy atom. The molecule has 4 heteroatoms. The maximum absolute atomic E-state index is 4.54. The number of aromatic nitrogens is 3. The molecule has 0 spiro atoms. The summed E-state index contributed by atoms with van der Waals surface area (Å²) in [4.78, 5) is 8.71. The number of hydrogen-bond acceptors (Lipinski definition) is 3. The van der Waals surface area contributed by atoms with Crippen LogP contribution in [0.3, 0.4) is 0 Å². The molecule has 0 bridgehead atoms. The molecule has 2 heterocycles. The zero-order valence-corrected chi connectivity index (χ0v) is 12.1. The lowest BCUT2D eigenvalue weighted by molar-refractivity contribution is 0.526. The molecular formula is C15H22N4. The van der Waals surface area contributed by atoms with E-state index >= 15 is 0 Å². The maximum Gasteiger partial charge on any atom is 0.203 e. The van der Waals surface area contributed by atoms with Gasteiger partial charge in [0.05, 0.1) is 5.69 Å². The zero-order chi connectivity index (χ0) is 13.8. The molecular weight excluding hydrogens is 236 g/mol. The van der Waals surface area contributed by atoms with Crippen LogP contribution in [0, 0.1) is 19.8 Å². The summed E-state index contributed by atoms with van der Waals surface area (Å²) in [6, 6.07) is 2.03. The van der Waals surface area contributed by atoms with Gasteiger partial charge in [0, 0.05) is 31.7 Å². The Labute approximate surface area is 114 Å². The summed E-state index contributed by atoms with van der Waals surface area (Å²) in [6.45, 7) is 10.3. The quantitative estimate of drug-likeness (QED) is 0.895. The van der Waals surface area contributed by atoms with Crippen molar-refractivity contribution >= 4 is 5.95 Å². The first kappa shape index (κ1) is 13.6. The van der Waals surface area contributed by atoms with Gasteiger partial charge in [-0.3, -0.25) is 4.98 Å². The summed E-state index contributed by atoms with van der Waals surface area (Å²) >= 11 is 0. The van der Waals surface area contributed by atoms with Crippen LogP contribution in [-0.4, -0.2) is 14.5 Å². The van der Waals surface area contributed by atoms with Gasteiger partial charge in [-0.05, 0) is 37.0 Å². The number of aryl methyl sites for hydroxylation is 2. The van der Waals surface area contributed by atoms with E-state index in [2.05, 4.69) is 46.8 Å². The van der Waals surface area contributed by atoms with Crippen LogP contribution in [0.25, 0.3) is 0 Å². The number of rotatable bonds is 5. The number of nitrogens with one attached hydrogen (secondary N) is 1. The number of pyridine rings is 1. The topological polar surface area (TPSA) is 42.7 Å². The van der Waals surface area contributed by atoms with Gasteiger partial charge in [0.1, 0.15) is 0 Å². The molecule has 102 valence electrons. The molecule has 0 radical (unpaired) electrons. The Hall–Kier alpha value is -1.84. The highest BCUT2D eigenvalue weighted by Gasteiger charge is 2.07. The average Bonchev–Trinajstić information content (AvgIpc) is 2.67. The Morgan fingerprint density at radius 3 is 2.79 bits per heavy atom. The predicted octanol–water partition coefficient (Wildman–Crippen LogP) is 3.16. The van der Waals surface area contributed by atoms with Gasteiger partial charge in [-0.1, -0.05) is 13.8 Å². The monoisotopic (exact) mass is 258 g/mol. The third-order valence-corrected chi connectivity index (χ3v) is 3.04. The SMILES string of the molecule is Cc1cn(CC(C)C)c(NCc2cnccc2C)n1. The van der Waals surface area contributed by atoms with Gasteiger partial charge in [-0.25, -0.2) is 4.98 Å². The Balaban J connectivity index is 2.09. The normalized spacial score (nSPS) is 11.0. The predicted molar refractivity (Wildman–Crippen MR) is 78.1 cm³/mol. The fourth-order valence-corrected chi connectivity index (χ4v) is 2.08. The first-order valence-electron chi connectivity index (χ1n) is 6.73. The van der Waals surface area contributed by atoms with E-state index in [0.717, 1.165) is 24.7 Å². The number of hydrogen-bond donors (Lipinski definition) is 1. The van der Waals surface area contributed by atoms with E-state index in [9.17, 15) is 0 Å². The highest BCUT2D eigenvalue weighted by Crippen LogP contribution is 2.13. The van der Waals surface area contributed by atoms with Crippen LogP contribution in [0.15, 0.2) is 24.7 Å². The van der Waals surface area contributed by atoms with Crippen LogP contribution in [-0.2, 0) is 13.1 Å². The van der Waals surface area contributed by atoms with Crippen molar-refractivity contribution in [2.75, 3.05) is 5.32 Å². The highest BCUT2D eigenvalue weighted by atomic mass is 15.2. The van der Waals surface area contributed by atoms with Gasteiger partial charge in [0.2, 0.25) is 5.95 Å². The summed E-state index contributed by atoms with van der Waals surface area (Å²) < 4.78 is 2.19. The molecule has 0 saturated carbocycles. The lowest BCUT2D eigenvalue weighted by atomic mass is 10.2. The third-order valence-electron chi connectivity index (χ3n) is 3.04. The lowest BCUT2D eigenvalue weighted by Crippen LogP contribution is -2.10. The molecule has 0 atom stereocenters. The summed E-state index contributed by atoms with van der Waals surface area (Å²) in [5.74, 6) is 1.55. The maximum atomic E-state index is 4.54. The van der Waals surface area contributed by atoms with E-state index in [1.54, 1.807) is 0 Å². The van der Waals surface area contributed by atoms with Gasteiger partial charge in [-0.15, -0.1) is 0 Å². The van der Waals surface area contributed by atoms with Crippen molar-refractivity contribution in [3.8, 4) is 0 Å². The molecule has 4 nitrogen and oxygen atoms in total. The number of anilines is 1. The zero-order valence-electron chi connectivity index (χ0n) is 12.1. The van der Waals surface area contributed by atoms with Crippen molar-refractivity contribution in [1.82, 2.24) is 14.5 Å². The van der Waals surface area contributed by atoms with E-state index in [-0.39, 0.29) is 0 Å². The molecule has 2 rings (SSSR count). The second-order valence-electron chi connectivity index (χ2n) is 5.41. The van der Waals surface area contributed by atoms with E-state index in [4.69, 9.17) is 0 Å². The van der Waals surface area contributed by atoms with Crippen molar-refractivity contribution < 1.29 is 0 Å². The fourth-order valence-electron chi connectivity index (χ4n) is 2.08. The molecule has 0 aromatic carbocycles. The van der Waals surface area contributed by atoms with Crippen LogP contribution in [0.5, 0.6) is 0 Å². The molecule has 0 saturated heterocycles. The van der Waals surface area contributed by atoms with E-state index < -0.39 is 0 Å². The minimum Gasteiger partial charge on any atom is -0.352 e. The second-order valence-corrected chi connectivity index (χ2v) is 5.41. The lowest BCUT2D eigenvalue weighted by Gasteiger charge is -2.12. The standard InChI is InChI=1S/C15H22N4/c1-11(2)9-19-10-13(4)18-15(19)17-8-14-7-16-6-5-12(14)3/h5-7,10-11H,8-9H2,1-4H3,(H,17,18). The largest absolute Gasteiger partial charge is 0.352 e. The van der Waals surface area contributed by atoms with Crippen molar-refractivity contribution in [3.63, 3.8) is 0 Å². The van der Waals surface area contributed by atoms with E-state index in [1.807, 2.05) is 25.4 Å². The van der Waals surface area contributed by atoms with Crippen LogP contribution in [0.2, 0.25) is 0 Å². The van der Waals surface area contributed by atoms with Gasteiger partial charge in [-0.2, -0.15) is 0 Å². The molecule has 1 N–H and O–H groups in total. The summed E-state index contributed by atoms with van der Waals surface area (Å²) in [5.41, 5.74) is 3.51. The molecule has 0 aliphatic heterocycles. The van der Waals surface area contributed by atoms with Crippen LogP contribution in [0.4, 0.5) is 5.95 Å². The van der Waals surface area contributed by atoms with Gasteiger partial charge in [0.15, 0.2) is 0 Å². The molecule has 0 amide bonds. The third kappa shape index (κ3) is 3.56. The summed E-state index contributed by atoms with van der Waals surface area (Å²) in [6.07, 6.45) is 5.83. The first-order chi connectivity index (χ1) is 9.06. The van der Waals surface area contributed by atoms with Crippen LogP contribution in [0.1, 0.15) is 30.7 Å². The summed E-state index contributed by atoms with van der Waals surface area (Å²) in [7, 11) is 0. The van der Waals surface area contributed by atoms with Gasteiger partial charge in [0.25, 0.3) is 0 Å². The fraction of sp³-hybridized carbons (Fsp3) is 0.467. The minimum absolute atomic E-state index is 0.606. The van der Waals surface area contributed by atoms with Crippen molar-refractivity contribution in [1.29, 1.82) is 0 Å². The molecule has 0 fully saturated rings. The second kappa shape index (κ2) is 5.87. The Kier molecular flexibility index (Phi) is 4.20. The molecule has 19 heavy (non-hydrogen) atoms. The molecule has 0 aliphatic carbocycles. The Morgan fingerprint density at radius 1 is 1.32 bits per heavy atom. The minimum atomic E-state index is 0.606. The van der Waals surface area contributed by atoms with Crippen LogP contribution < -0.4 is 5.32 Å². The average molecular weight is 258 g/mol. The van der Waals surface area contributed by atoms with Crippen LogP contribution >= 0.6 is 0 Å². The molecule has 0 aliphatic rings. The van der Waals surface area contributed by atoms with Crippen molar-refractivity contribution in [2.24, 2.45) is 5.92 Å². The molecule has 0 unspecified atom stereocenters. The first-order valence-corrected chi connectivity index (χ1v) is 6.73. The highest BCUT2D eigenvalue weighted by molar-refractivity contribution is 5.32. The van der Waals surface area contributed by atoms with Gasteiger partial charge < -0.3 is 9.88 Å². The van der Waals surface area contributed by atoms with Gasteiger partial charge >= 0.3 is 0 Å². The number of imidazole rings is 1. The molecule has 2 aromatic heterocycles. The Bertz CT molecular complexity index is 543. The molecule has 2 aromatic rings.